The van der Waals surface area contributed by atoms with Crippen molar-refractivity contribution in [3.8, 4) is 0 Å². The van der Waals surface area contributed by atoms with E-state index in [9.17, 15) is 4.79 Å². The molecule has 1 aromatic heterocycles. The van der Waals surface area contributed by atoms with Gasteiger partial charge < -0.3 is 15.8 Å². The van der Waals surface area contributed by atoms with Gasteiger partial charge in [0.25, 0.3) is 5.91 Å². The van der Waals surface area contributed by atoms with Gasteiger partial charge in [-0.2, -0.15) is 0 Å². The van der Waals surface area contributed by atoms with Crippen LogP contribution in [0.15, 0.2) is 18.3 Å². The van der Waals surface area contributed by atoms with E-state index >= 15 is 0 Å². The van der Waals surface area contributed by atoms with Crippen LogP contribution in [0.25, 0.3) is 0 Å². The Morgan fingerprint density at radius 3 is 3.25 bits per heavy atom. The van der Waals surface area contributed by atoms with Crippen LogP contribution in [0.1, 0.15) is 16.9 Å². The number of nitrogens with one attached hydrogen (secondary N) is 1. The van der Waals surface area contributed by atoms with Crippen LogP contribution < -0.4 is 11.1 Å². The number of nitrogen functional groups attached to an aromatic ring is 1. The van der Waals surface area contributed by atoms with Crippen molar-refractivity contribution in [3.05, 3.63) is 24.0 Å². The number of ether oxygens (including phenoxy) is 1. The molecule has 1 unspecified atom stereocenters. The Hall–Kier alpha value is -1.62. The maximum absolute atomic E-state index is 11.7. The lowest BCUT2D eigenvalue weighted by Gasteiger charge is -2.09. The lowest BCUT2D eigenvalue weighted by atomic mass is 10.1. The summed E-state index contributed by atoms with van der Waals surface area (Å²) < 4.78 is 5.23. The monoisotopic (exact) mass is 221 g/mol. The number of rotatable bonds is 3. The Morgan fingerprint density at radius 1 is 1.69 bits per heavy atom. The minimum absolute atomic E-state index is 0.181. The molecule has 1 atom stereocenters. The molecule has 1 aliphatic rings. The molecular weight excluding hydrogens is 206 g/mol. The zero-order valence-corrected chi connectivity index (χ0v) is 8.98. The van der Waals surface area contributed by atoms with Gasteiger partial charge in [-0.25, -0.2) is 0 Å². The van der Waals surface area contributed by atoms with Crippen LogP contribution >= 0.6 is 0 Å². The summed E-state index contributed by atoms with van der Waals surface area (Å²) in [5.41, 5.74) is 6.48. The van der Waals surface area contributed by atoms with Crippen molar-refractivity contribution < 1.29 is 9.53 Å². The number of nitrogens with zero attached hydrogens (tertiary/aromatic N) is 1. The summed E-state index contributed by atoms with van der Waals surface area (Å²) in [6, 6.07) is 3.22. The van der Waals surface area contributed by atoms with Crippen LogP contribution in [0.5, 0.6) is 0 Å². The van der Waals surface area contributed by atoms with Crippen molar-refractivity contribution >= 4 is 11.6 Å². The smallest absolute Gasteiger partial charge is 0.269 e. The highest BCUT2D eigenvalue weighted by atomic mass is 16.5. The summed E-state index contributed by atoms with van der Waals surface area (Å²) in [6.45, 7) is 2.15. The summed E-state index contributed by atoms with van der Waals surface area (Å²) in [5.74, 6) is 0.240. The highest BCUT2D eigenvalue weighted by molar-refractivity contribution is 5.92. The second-order valence-electron chi connectivity index (χ2n) is 3.91. The van der Waals surface area contributed by atoms with Gasteiger partial charge in [0.15, 0.2) is 0 Å². The number of hydrogen-bond donors (Lipinski definition) is 2. The summed E-state index contributed by atoms with van der Waals surface area (Å²) in [5, 5.41) is 2.83. The Bertz CT molecular complexity index is 375. The molecule has 1 aromatic rings. The van der Waals surface area contributed by atoms with Gasteiger partial charge >= 0.3 is 0 Å². The normalized spacial score (nSPS) is 19.6. The molecule has 0 bridgehead atoms. The van der Waals surface area contributed by atoms with Gasteiger partial charge in [-0.05, 0) is 18.6 Å². The van der Waals surface area contributed by atoms with Crippen LogP contribution in [0.2, 0.25) is 0 Å². The molecule has 0 aliphatic carbocycles. The van der Waals surface area contributed by atoms with Gasteiger partial charge in [-0.15, -0.1) is 0 Å². The summed E-state index contributed by atoms with van der Waals surface area (Å²) in [4.78, 5) is 15.6. The number of nitrogens with two attached hydrogens (primary N) is 1. The lowest BCUT2D eigenvalue weighted by molar-refractivity contribution is 0.0940. The van der Waals surface area contributed by atoms with Crippen LogP contribution in [-0.4, -0.2) is 30.6 Å². The number of pyridine rings is 1. The van der Waals surface area contributed by atoms with Crippen molar-refractivity contribution in [3.63, 3.8) is 0 Å². The number of hydrogen-bond acceptors (Lipinski definition) is 4. The molecule has 86 valence electrons. The van der Waals surface area contributed by atoms with E-state index in [4.69, 9.17) is 10.5 Å². The van der Waals surface area contributed by atoms with E-state index in [-0.39, 0.29) is 5.91 Å². The fourth-order valence-corrected chi connectivity index (χ4v) is 1.64. The first kappa shape index (κ1) is 10.9. The topological polar surface area (TPSA) is 77.2 Å². The maximum Gasteiger partial charge on any atom is 0.269 e. The molecule has 1 saturated heterocycles. The second kappa shape index (κ2) is 4.94. The Balaban J connectivity index is 1.87. The molecule has 5 heteroatoms. The van der Waals surface area contributed by atoms with Gasteiger partial charge in [-0.1, -0.05) is 0 Å². The largest absolute Gasteiger partial charge is 0.399 e. The third kappa shape index (κ3) is 2.70. The molecule has 5 nitrogen and oxygen atoms in total. The van der Waals surface area contributed by atoms with Crippen molar-refractivity contribution in [2.45, 2.75) is 6.42 Å². The van der Waals surface area contributed by atoms with E-state index in [1.165, 1.54) is 6.20 Å². The van der Waals surface area contributed by atoms with Crippen LogP contribution in [0, 0.1) is 5.92 Å². The fourth-order valence-electron chi connectivity index (χ4n) is 1.64. The fraction of sp³-hybridized carbons (Fsp3) is 0.455. The molecule has 1 fully saturated rings. The SMILES string of the molecule is Nc1ccnc(C(=O)NCC2CCOC2)c1. The molecule has 2 rings (SSSR count). The van der Waals surface area contributed by atoms with Crippen molar-refractivity contribution in [1.82, 2.24) is 10.3 Å². The predicted octanol–water partition coefficient (Wildman–Crippen LogP) is 0.430. The van der Waals surface area contributed by atoms with E-state index in [0.717, 1.165) is 19.6 Å². The third-order valence-corrected chi connectivity index (χ3v) is 2.59. The van der Waals surface area contributed by atoms with E-state index in [1.54, 1.807) is 12.1 Å². The molecule has 0 saturated carbocycles. The minimum atomic E-state index is -0.181. The van der Waals surface area contributed by atoms with Gasteiger partial charge in [0, 0.05) is 31.0 Å². The predicted molar refractivity (Wildman–Crippen MR) is 59.9 cm³/mol. The van der Waals surface area contributed by atoms with E-state index in [1.807, 2.05) is 0 Å². The highest BCUT2D eigenvalue weighted by Gasteiger charge is 2.17. The number of anilines is 1. The molecule has 1 aliphatic heterocycles. The lowest BCUT2D eigenvalue weighted by Crippen LogP contribution is -2.30. The second-order valence-corrected chi connectivity index (χ2v) is 3.91. The molecule has 16 heavy (non-hydrogen) atoms. The molecular formula is C11H15N3O2. The molecule has 3 N–H and O–H groups in total. The highest BCUT2D eigenvalue weighted by Crippen LogP contribution is 2.11. The first-order valence-corrected chi connectivity index (χ1v) is 5.33. The van der Waals surface area contributed by atoms with Crippen LogP contribution in [0.4, 0.5) is 5.69 Å². The van der Waals surface area contributed by atoms with Gasteiger partial charge in [0.2, 0.25) is 0 Å². The third-order valence-electron chi connectivity index (χ3n) is 2.59. The van der Waals surface area contributed by atoms with Crippen molar-refractivity contribution in [2.75, 3.05) is 25.5 Å². The maximum atomic E-state index is 11.7. The van der Waals surface area contributed by atoms with E-state index in [2.05, 4.69) is 10.3 Å². The molecule has 2 heterocycles. The number of amides is 1. The van der Waals surface area contributed by atoms with Gasteiger partial charge in [-0.3, -0.25) is 9.78 Å². The molecule has 1 amide bonds. The van der Waals surface area contributed by atoms with Crippen molar-refractivity contribution in [1.29, 1.82) is 0 Å². The Morgan fingerprint density at radius 2 is 2.56 bits per heavy atom. The number of carbonyl (C=O) groups excluding carboxylic acids is 1. The zero-order valence-electron chi connectivity index (χ0n) is 8.98. The molecule has 0 spiro atoms. The van der Waals surface area contributed by atoms with Crippen LogP contribution in [0.3, 0.4) is 0 Å². The Labute approximate surface area is 94.0 Å². The van der Waals surface area contributed by atoms with E-state index < -0.39 is 0 Å². The standard InChI is InChI=1S/C11H15N3O2/c12-9-1-3-13-10(5-9)11(15)14-6-8-2-4-16-7-8/h1,3,5,8H,2,4,6-7H2,(H2,12,13)(H,14,15). The molecule has 0 aromatic carbocycles. The number of aromatic nitrogens is 1. The summed E-state index contributed by atoms with van der Waals surface area (Å²) >= 11 is 0. The first-order chi connectivity index (χ1) is 7.75. The minimum Gasteiger partial charge on any atom is -0.399 e. The van der Waals surface area contributed by atoms with Crippen LogP contribution in [-0.2, 0) is 4.74 Å². The summed E-state index contributed by atoms with van der Waals surface area (Å²) in [6.07, 6.45) is 2.54. The number of carbonyl (C=O) groups is 1. The Kier molecular flexibility index (Phi) is 3.36. The quantitative estimate of drug-likeness (QED) is 0.776. The van der Waals surface area contributed by atoms with Crippen molar-refractivity contribution in [2.24, 2.45) is 5.92 Å². The summed E-state index contributed by atoms with van der Waals surface area (Å²) in [7, 11) is 0. The van der Waals surface area contributed by atoms with Gasteiger partial charge in [0.1, 0.15) is 5.69 Å². The zero-order chi connectivity index (χ0) is 11.4. The average Bonchev–Trinajstić information content (AvgIpc) is 2.78. The molecule has 0 radical (unpaired) electrons. The first-order valence-electron chi connectivity index (χ1n) is 5.33. The van der Waals surface area contributed by atoms with E-state index in [0.29, 0.717) is 23.8 Å². The van der Waals surface area contributed by atoms with Gasteiger partial charge in [0.05, 0.1) is 6.61 Å². The average molecular weight is 221 g/mol.